The quantitative estimate of drug-likeness (QED) is 0.345. The molecule has 0 unspecified atom stereocenters. The van der Waals surface area contributed by atoms with Gasteiger partial charge in [-0.3, -0.25) is 14.6 Å². The summed E-state index contributed by atoms with van der Waals surface area (Å²) in [4.78, 5) is 29.2. The predicted molar refractivity (Wildman–Crippen MR) is 159 cm³/mol. The Morgan fingerprint density at radius 3 is 2.78 bits per heavy atom. The summed E-state index contributed by atoms with van der Waals surface area (Å²) in [7, 11) is 0. The van der Waals surface area contributed by atoms with Gasteiger partial charge in [-0.1, -0.05) is 0 Å². The number of fused-ring (bicyclic) bond motifs is 2. The van der Waals surface area contributed by atoms with Gasteiger partial charge < -0.3 is 15.3 Å². The minimum absolute atomic E-state index is 0.100. The van der Waals surface area contributed by atoms with Crippen LogP contribution in [0.1, 0.15) is 53.7 Å². The molecule has 2 aliphatic heterocycles. The van der Waals surface area contributed by atoms with Crippen LogP contribution in [0.5, 0.6) is 0 Å². The van der Waals surface area contributed by atoms with Gasteiger partial charge in [-0.15, -0.1) is 11.3 Å². The summed E-state index contributed by atoms with van der Waals surface area (Å²) in [6, 6.07) is 12.8. The summed E-state index contributed by atoms with van der Waals surface area (Å²) < 4.78 is 2.59. The van der Waals surface area contributed by atoms with E-state index in [1.165, 1.54) is 41.6 Å². The summed E-state index contributed by atoms with van der Waals surface area (Å²) in [5, 5.41) is 25.0. The number of hydrogen-bond donors (Lipinski definition) is 2. The third-order valence-electron chi connectivity index (χ3n) is 8.61. The zero-order chi connectivity index (χ0) is 28.6. The number of nitrogens with zero attached hydrogens (tertiary/aromatic N) is 5. The molecule has 2 fully saturated rings. The maximum absolute atomic E-state index is 12.5. The summed E-state index contributed by atoms with van der Waals surface area (Å²) in [6.45, 7) is 4.10. The fourth-order valence-corrected chi connectivity index (χ4v) is 7.74. The van der Waals surface area contributed by atoms with Crippen molar-refractivity contribution in [2.75, 3.05) is 18.0 Å². The normalized spacial score (nSPS) is 18.7. The number of carbonyl (C=O) groups is 1. The lowest BCUT2D eigenvalue weighted by Crippen LogP contribution is -2.46. The Labute approximate surface area is 242 Å². The van der Waals surface area contributed by atoms with Crippen molar-refractivity contribution in [2.24, 2.45) is 0 Å². The first-order valence-electron chi connectivity index (χ1n) is 14.0. The molecule has 4 aromatic rings. The zero-order valence-electron chi connectivity index (χ0n) is 23.0. The fourth-order valence-electron chi connectivity index (χ4n) is 6.61. The number of aromatic nitrogens is 3. The van der Waals surface area contributed by atoms with Gasteiger partial charge in [0, 0.05) is 58.6 Å². The van der Waals surface area contributed by atoms with E-state index in [1.807, 2.05) is 13.1 Å². The summed E-state index contributed by atoms with van der Waals surface area (Å²) in [6.07, 6.45) is 10.8. The molecule has 1 atom stereocenters. The minimum atomic E-state index is -0.250. The van der Waals surface area contributed by atoms with Crippen LogP contribution in [-0.2, 0) is 17.8 Å². The van der Waals surface area contributed by atoms with Crippen molar-refractivity contribution in [1.29, 1.82) is 5.26 Å². The highest BCUT2D eigenvalue weighted by atomic mass is 32.1. The molecule has 7 rings (SSSR count). The molecule has 9 nitrogen and oxygen atoms in total. The number of thiophene rings is 1. The van der Waals surface area contributed by atoms with Crippen LogP contribution in [0.4, 0.5) is 5.69 Å². The zero-order valence-corrected chi connectivity index (χ0v) is 23.8. The number of nitrogens with one attached hydrogen (secondary N) is 1. The molecule has 2 N–H and O–H groups in total. The average Bonchev–Trinajstić information content (AvgIpc) is 3.59. The second-order valence-corrected chi connectivity index (χ2v) is 12.4. The smallest absolute Gasteiger partial charge is 0.290 e. The standard InChI is InChI=1S/C30H30N6OS.CH2O2/c1-19-10-27(37)36(34-16-19)18-23-13-26-29(38-23)24(5-8-32-26)25-12-20(15-31)11-21-4-2-9-35(28(21)25)22-14-30(33-17-22)6-3-7-30;2-1-3/h5,8,10-13,16,22,33H,2-4,6-7,9,14,17-18H2,1H3;1H,(H,2,3)/t22-;/m0./s1. The molecule has 1 aliphatic carbocycles. The van der Waals surface area contributed by atoms with E-state index in [9.17, 15) is 10.1 Å². The van der Waals surface area contributed by atoms with Crippen molar-refractivity contribution >= 4 is 33.7 Å². The number of hydrogen-bond acceptors (Lipinski definition) is 8. The second kappa shape index (κ2) is 11.1. The van der Waals surface area contributed by atoms with Crippen LogP contribution in [0.25, 0.3) is 21.3 Å². The van der Waals surface area contributed by atoms with Gasteiger partial charge >= 0.3 is 0 Å². The molecule has 0 radical (unpaired) electrons. The Balaban J connectivity index is 0.000000967. The second-order valence-electron chi connectivity index (χ2n) is 11.2. The Bertz CT molecular complexity index is 1720. The summed E-state index contributed by atoms with van der Waals surface area (Å²) in [5.41, 5.74) is 7.52. The SMILES string of the molecule is Cc1cnn(Cc2cc3nccc(-c4cc(C#N)cc5c4N([C@@H]4CNC6(CCC6)C4)CCC5)c3s2)c(=O)c1.O=CO. The van der Waals surface area contributed by atoms with Crippen molar-refractivity contribution in [2.45, 2.75) is 63.6 Å². The van der Waals surface area contributed by atoms with Crippen LogP contribution in [0.3, 0.4) is 0 Å². The highest BCUT2D eigenvalue weighted by Gasteiger charge is 2.45. The van der Waals surface area contributed by atoms with E-state index in [0.29, 0.717) is 23.7 Å². The summed E-state index contributed by atoms with van der Waals surface area (Å²) in [5.74, 6) is 0. The van der Waals surface area contributed by atoms with Crippen LogP contribution >= 0.6 is 11.3 Å². The van der Waals surface area contributed by atoms with E-state index in [0.717, 1.165) is 57.7 Å². The third-order valence-corrected chi connectivity index (χ3v) is 9.75. The number of benzene rings is 1. The number of rotatable bonds is 4. The van der Waals surface area contributed by atoms with Crippen LogP contribution in [0.15, 0.2) is 47.5 Å². The van der Waals surface area contributed by atoms with Gasteiger partial charge in [-0.2, -0.15) is 10.4 Å². The Morgan fingerprint density at radius 2 is 2.07 bits per heavy atom. The average molecular weight is 569 g/mol. The van der Waals surface area contributed by atoms with E-state index in [2.05, 4.69) is 50.6 Å². The molecule has 1 saturated heterocycles. The lowest BCUT2D eigenvalue weighted by Gasteiger charge is -2.41. The maximum Gasteiger partial charge on any atom is 0.290 e. The first kappa shape index (κ1) is 27.1. The van der Waals surface area contributed by atoms with E-state index in [4.69, 9.17) is 9.90 Å². The molecule has 1 spiro atoms. The molecule has 3 aromatic heterocycles. The Morgan fingerprint density at radius 1 is 1.24 bits per heavy atom. The largest absolute Gasteiger partial charge is 0.483 e. The molecule has 3 aliphatic rings. The number of anilines is 1. The number of pyridine rings is 1. The van der Waals surface area contributed by atoms with Gasteiger partial charge in [0.05, 0.1) is 34.6 Å². The number of nitriles is 1. The molecule has 1 saturated carbocycles. The molecular formula is C31H32N6O3S. The Hall–Kier alpha value is -4.07. The van der Waals surface area contributed by atoms with Gasteiger partial charge in [0.25, 0.3) is 12.0 Å². The lowest BCUT2D eigenvalue weighted by molar-refractivity contribution is -0.122. The van der Waals surface area contributed by atoms with E-state index >= 15 is 0 Å². The first-order valence-corrected chi connectivity index (χ1v) is 14.8. The van der Waals surface area contributed by atoms with Crippen molar-refractivity contribution in [3.63, 3.8) is 0 Å². The maximum atomic E-state index is 12.5. The van der Waals surface area contributed by atoms with Crippen molar-refractivity contribution in [1.82, 2.24) is 20.1 Å². The third kappa shape index (κ3) is 5.11. The molecule has 10 heteroatoms. The van der Waals surface area contributed by atoms with E-state index < -0.39 is 0 Å². The number of aryl methyl sites for hydroxylation is 2. The van der Waals surface area contributed by atoms with Gasteiger partial charge in [0.1, 0.15) is 0 Å². The fraction of sp³-hybridized carbons (Fsp3) is 0.387. The molecule has 0 amide bonds. The summed E-state index contributed by atoms with van der Waals surface area (Å²) >= 11 is 1.66. The molecular weight excluding hydrogens is 536 g/mol. The van der Waals surface area contributed by atoms with E-state index in [-0.39, 0.29) is 12.0 Å². The van der Waals surface area contributed by atoms with Gasteiger partial charge in [0.2, 0.25) is 0 Å². The molecule has 41 heavy (non-hydrogen) atoms. The van der Waals surface area contributed by atoms with Gasteiger partial charge in [0.15, 0.2) is 0 Å². The van der Waals surface area contributed by atoms with Crippen LogP contribution < -0.4 is 15.8 Å². The van der Waals surface area contributed by atoms with Crippen LogP contribution in [-0.4, -0.2) is 51.0 Å². The van der Waals surface area contributed by atoms with E-state index in [1.54, 1.807) is 23.6 Å². The van der Waals surface area contributed by atoms with Gasteiger partial charge in [-0.05, 0) is 80.8 Å². The molecule has 1 aromatic carbocycles. The predicted octanol–water partition coefficient (Wildman–Crippen LogP) is 4.49. The Kier molecular flexibility index (Phi) is 7.32. The molecule has 5 heterocycles. The highest BCUT2D eigenvalue weighted by Crippen LogP contribution is 2.46. The van der Waals surface area contributed by atoms with Crippen molar-refractivity contribution < 1.29 is 9.90 Å². The topological polar surface area (TPSA) is 124 Å². The van der Waals surface area contributed by atoms with Crippen LogP contribution in [0, 0.1) is 18.3 Å². The first-order chi connectivity index (χ1) is 19.9. The van der Waals surface area contributed by atoms with Crippen molar-refractivity contribution in [3.05, 3.63) is 74.6 Å². The van der Waals surface area contributed by atoms with Crippen molar-refractivity contribution in [3.8, 4) is 17.2 Å². The minimum Gasteiger partial charge on any atom is -0.483 e. The van der Waals surface area contributed by atoms with Gasteiger partial charge in [-0.25, -0.2) is 4.68 Å². The number of carboxylic acid groups (broad SMARTS) is 1. The monoisotopic (exact) mass is 568 g/mol. The van der Waals surface area contributed by atoms with Crippen LogP contribution in [0.2, 0.25) is 0 Å². The highest BCUT2D eigenvalue weighted by molar-refractivity contribution is 7.19. The lowest BCUT2D eigenvalue weighted by atomic mass is 9.75. The molecule has 210 valence electrons. The molecule has 0 bridgehead atoms.